The number of hydrogen-bond acceptors (Lipinski definition) is 2. The van der Waals surface area contributed by atoms with Gasteiger partial charge in [0.15, 0.2) is 0 Å². The van der Waals surface area contributed by atoms with Crippen LogP contribution in [0.1, 0.15) is 17.2 Å². The van der Waals surface area contributed by atoms with Crippen molar-refractivity contribution in [1.82, 2.24) is 10.6 Å². The van der Waals surface area contributed by atoms with Gasteiger partial charge < -0.3 is 10.6 Å². The molecular formula is C11H13ClF4N2. The molecule has 0 aromatic heterocycles. The summed E-state index contributed by atoms with van der Waals surface area (Å²) in [7, 11) is 0. The zero-order valence-electron chi connectivity index (χ0n) is 9.35. The summed E-state index contributed by atoms with van der Waals surface area (Å²) in [5.41, 5.74) is -0.815. The van der Waals surface area contributed by atoms with E-state index in [0.29, 0.717) is 19.2 Å². The topological polar surface area (TPSA) is 24.1 Å². The molecule has 1 saturated heterocycles. The first-order chi connectivity index (χ1) is 7.98. The molecule has 0 radical (unpaired) electrons. The minimum Gasteiger partial charge on any atom is -0.314 e. The normalized spacial score (nSPS) is 20.3. The average molecular weight is 285 g/mol. The van der Waals surface area contributed by atoms with Gasteiger partial charge in [0.1, 0.15) is 5.82 Å². The first kappa shape index (κ1) is 15.2. The molecule has 1 atom stereocenters. The highest BCUT2D eigenvalue weighted by Gasteiger charge is 2.35. The molecular weight excluding hydrogens is 272 g/mol. The van der Waals surface area contributed by atoms with Crippen LogP contribution in [0.2, 0.25) is 0 Å². The quantitative estimate of drug-likeness (QED) is 0.774. The number of alkyl halides is 3. The van der Waals surface area contributed by atoms with Gasteiger partial charge in [0.05, 0.1) is 5.56 Å². The zero-order chi connectivity index (χ0) is 12.5. The molecule has 0 amide bonds. The molecule has 2 rings (SSSR count). The molecule has 18 heavy (non-hydrogen) atoms. The van der Waals surface area contributed by atoms with Crippen molar-refractivity contribution < 1.29 is 17.6 Å². The summed E-state index contributed by atoms with van der Waals surface area (Å²) >= 11 is 0. The molecule has 1 aromatic rings. The van der Waals surface area contributed by atoms with Gasteiger partial charge in [0.2, 0.25) is 0 Å². The second kappa shape index (κ2) is 5.86. The largest absolute Gasteiger partial charge is 0.416 e. The second-order valence-corrected chi connectivity index (χ2v) is 3.94. The van der Waals surface area contributed by atoms with Gasteiger partial charge in [-0.2, -0.15) is 13.2 Å². The minimum absolute atomic E-state index is 0. The molecule has 0 saturated carbocycles. The van der Waals surface area contributed by atoms with E-state index in [1.54, 1.807) is 0 Å². The Bertz CT molecular complexity index is 403. The van der Waals surface area contributed by atoms with Gasteiger partial charge in [-0.05, 0) is 17.7 Å². The van der Waals surface area contributed by atoms with E-state index >= 15 is 0 Å². The molecule has 1 fully saturated rings. The van der Waals surface area contributed by atoms with Gasteiger partial charge in [-0.1, -0.05) is 6.07 Å². The van der Waals surface area contributed by atoms with Crippen molar-refractivity contribution in [3.05, 3.63) is 35.1 Å². The highest BCUT2D eigenvalue weighted by Crippen LogP contribution is 2.35. The van der Waals surface area contributed by atoms with Gasteiger partial charge in [0, 0.05) is 25.7 Å². The van der Waals surface area contributed by atoms with E-state index in [4.69, 9.17) is 0 Å². The lowest BCUT2D eigenvalue weighted by Crippen LogP contribution is -2.43. The number of hydrogen-bond donors (Lipinski definition) is 2. The number of nitrogens with one attached hydrogen (secondary N) is 2. The van der Waals surface area contributed by atoms with Crippen molar-refractivity contribution in [3.8, 4) is 0 Å². The zero-order valence-corrected chi connectivity index (χ0v) is 10.2. The Hall–Kier alpha value is -0.850. The molecule has 0 spiro atoms. The van der Waals surface area contributed by atoms with E-state index in [9.17, 15) is 17.6 Å². The molecule has 102 valence electrons. The maximum absolute atomic E-state index is 12.9. The summed E-state index contributed by atoms with van der Waals surface area (Å²) in [5.74, 6) is -0.871. The van der Waals surface area contributed by atoms with Gasteiger partial charge in [0.25, 0.3) is 0 Å². The van der Waals surface area contributed by atoms with Crippen molar-refractivity contribution in [1.29, 1.82) is 0 Å². The fourth-order valence-corrected chi connectivity index (χ4v) is 1.95. The van der Waals surface area contributed by atoms with Crippen LogP contribution in [0, 0.1) is 5.82 Å². The van der Waals surface area contributed by atoms with Crippen molar-refractivity contribution in [2.24, 2.45) is 0 Å². The van der Waals surface area contributed by atoms with E-state index in [1.807, 2.05) is 0 Å². The molecule has 2 nitrogen and oxygen atoms in total. The SMILES string of the molecule is Cl.Fc1ccc([C@H]2CNCCN2)c(C(F)(F)F)c1. The lowest BCUT2D eigenvalue weighted by Gasteiger charge is -2.27. The first-order valence-corrected chi connectivity index (χ1v) is 5.29. The van der Waals surface area contributed by atoms with E-state index in [1.165, 1.54) is 6.07 Å². The van der Waals surface area contributed by atoms with Crippen LogP contribution in [0.15, 0.2) is 18.2 Å². The molecule has 0 aliphatic carbocycles. The number of halogens is 5. The lowest BCUT2D eigenvalue weighted by atomic mass is 9.98. The molecule has 0 bridgehead atoms. The average Bonchev–Trinajstić information content (AvgIpc) is 2.29. The van der Waals surface area contributed by atoms with Gasteiger partial charge in [-0.15, -0.1) is 12.4 Å². The molecule has 1 heterocycles. The monoisotopic (exact) mass is 284 g/mol. The first-order valence-electron chi connectivity index (χ1n) is 5.29. The maximum atomic E-state index is 12.9. The molecule has 2 N–H and O–H groups in total. The smallest absolute Gasteiger partial charge is 0.314 e. The molecule has 0 unspecified atom stereocenters. The predicted octanol–water partition coefficient (Wildman–Crippen LogP) is 2.50. The molecule has 1 aliphatic rings. The van der Waals surface area contributed by atoms with E-state index in [0.717, 1.165) is 12.6 Å². The van der Waals surface area contributed by atoms with Crippen LogP contribution in [0.25, 0.3) is 0 Å². The third kappa shape index (κ3) is 3.34. The Morgan fingerprint density at radius 3 is 2.44 bits per heavy atom. The van der Waals surface area contributed by atoms with E-state index in [2.05, 4.69) is 10.6 Å². The van der Waals surface area contributed by atoms with Crippen LogP contribution >= 0.6 is 12.4 Å². The lowest BCUT2D eigenvalue weighted by molar-refractivity contribution is -0.138. The summed E-state index contributed by atoms with van der Waals surface area (Å²) in [4.78, 5) is 0. The van der Waals surface area contributed by atoms with Crippen molar-refractivity contribution in [2.75, 3.05) is 19.6 Å². The fourth-order valence-electron chi connectivity index (χ4n) is 1.95. The van der Waals surface area contributed by atoms with Crippen LogP contribution in [-0.2, 0) is 6.18 Å². The Morgan fingerprint density at radius 2 is 1.89 bits per heavy atom. The van der Waals surface area contributed by atoms with Crippen molar-refractivity contribution in [3.63, 3.8) is 0 Å². The van der Waals surface area contributed by atoms with Crippen LogP contribution in [0.5, 0.6) is 0 Å². The Balaban J connectivity index is 0.00000162. The third-order valence-electron chi connectivity index (χ3n) is 2.74. The van der Waals surface area contributed by atoms with Crippen LogP contribution in [0.3, 0.4) is 0 Å². The van der Waals surface area contributed by atoms with E-state index < -0.39 is 23.6 Å². The van der Waals surface area contributed by atoms with Crippen LogP contribution < -0.4 is 10.6 Å². The van der Waals surface area contributed by atoms with Crippen LogP contribution in [0.4, 0.5) is 17.6 Å². The van der Waals surface area contributed by atoms with Crippen molar-refractivity contribution in [2.45, 2.75) is 12.2 Å². The third-order valence-corrected chi connectivity index (χ3v) is 2.74. The van der Waals surface area contributed by atoms with Crippen molar-refractivity contribution >= 4 is 12.4 Å². The molecule has 7 heteroatoms. The summed E-state index contributed by atoms with van der Waals surface area (Å²) in [6.07, 6.45) is -4.53. The van der Waals surface area contributed by atoms with Gasteiger partial charge >= 0.3 is 6.18 Å². The van der Waals surface area contributed by atoms with Gasteiger partial charge in [-0.3, -0.25) is 0 Å². The Morgan fingerprint density at radius 1 is 1.17 bits per heavy atom. The van der Waals surface area contributed by atoms with Crippen LogP contribution in [-0.4, -0.2) is 19.6 Å². The predicted molar refractivity (Wildman–Crippen MR) is 62.3 cm³/mol. The molecule has 1 aliphatic heterocycles. The molecule has 1 aromatic carbocycles. The van der Waals surface area contributed by atoms with E-state index in [-0.39, 0.29) is 18.0 Å². The fraction of sp³-hybridized carbons (Fsp3) is 0.455. The number of rotatable bonds is 1. The second-order valence-electron chi connectivity index (χ2n) is 3.94. The summed E-state index contributed by atoms with van der Waals surface area (Å²) in [6.45, 7) is 1.73. The Kier molecular flexibility index (Phi) is 4.95. The number of benzene rings is 1. The summed E-state index contributed by atoms with van der Waals surface area (Å²) < 4.78 is 51.2. The summed E-state index contributed by atoms with van der Waals surface area (Å²) in [5, 5.41) is 5.99. The standard InChI is InChI=1S/C11H12F4N2.ClH/c12-7-1-2-8(9(5-7)11(13,14)15)10-6-16-3-4-17-10;/h1-2,5,10,16-17H,3-4,6H2;1H/t10-;/m1./s1. The summed E-state index contributed by atoms with van der Waals surface area (Å²) in [6, 6.07) is 2.37. The highest BCUT2D eigenvalue weighted by molar-refractivity contribution is 5.85. The van der Waals surface area contributed by atoms with Gasteiger partial charge in [-0.25, -0.2) is 4.39 Å². The number of piperazine rings is 1. The highest BCUT2D eigenvalue weighted by atomic mass is 35.5. The minimum atomic E-state index is -4.53. The Labute approximate surface area is 108 Å². The maximum Gasteiger partial charge on any atom is 0.416 e.